The maximum Gasteiger partial charge on any atom is 0.207 e. The lowest BCUT2D eigenvalue weighted by molar-refractivity contribution is -0.111. The molecule has 0 heterocycles. The fraction of sp³-hybridized carbons (Fsp3) is 0.909. The predicted molar refractivity (Wildman–Crippen MR) is 56.6 cm³/mol. The Morgan fingerprint density at radius 3 is 2.31 bits per heavy atom. The lowest BCUT2D eigenvalue weighted by Gasteiger charge is -2.36. The second-order valence-corrected chi connectivity index (χ2v) is 4.00. The van der Waals surface area contributed by atoms with Crippen molar-refractivity contribution in [2.24, 2.45) is 5.41 Å². The normalized spacial score (nSPS) is 17.5. The van der Waals surface area contributed by atoms with Crippen LogP contribution in [0, 0.1) is 5.41 Å². The molecule has 0 radical (unpaired) electrons. The van der Waals surface area contributed by atoms with Crippen molar-refractivity contribution < 1.29 is 4.79 Å². The molecule has 0 aliphatic heterocycles. The first kappa shape index (κ1) is 12.5. The molecule has 0 aliphatic rings. The number of hydrogen-bond donors (Lipinski definition) is 1. The third-order valence-corrected chi connectivity index (χ3v) is 3.15. The molecule has 2 nitrogen and oxygen atoms in total. The Labute approximate surface area is 82.1 Å². The van der Waals surface area contributed by atoms with Crippen LogP contribution in [0.5, 0.6) is 0 Å². The molecule has 0 bridgehead atoms. The molecule has 13 heavy (non-hydrogen) atoms. The molecule has 0 fully saturated rings. The largest absolute Gasteiger partial charge is 0.355 e. The van der Waals surface area contributed by atoms with E-state index < -0.39 is 0 Å². The van der Waals surface area contributed by atoms with E-state index in [0.29, 0.717) is 6.04 Å². The number of nitrogens with one attached hydrogen (secondary N) is 1. The van der Waals surface area contributed by atoms with E-state index >= 15 is 0 Å². The molecule has 1 unspecified atom stereocenters. The van der Waals surface area contributed by atoms with Gasteiger partial charge in [-0.2, -0.15) is 0 Å². The summed E-state index contributed by atoms with van der Waals surface area (Å²) in [5.41, 5.74) is 0.268. The Balaban J connectivity index is 4.37. The van der Waals surface area contributed by atoms with Gasteiger partial charge in [-0.05, 0) is 24.7 Å². The average molecular weight is 185 g/mol. The summed E-state index contributed by atoms with van der Waals surface area (Å²) < 4.78 is 0. The van der Waals surface area contributed by atoms with Gasteiger partial charge in [-0.15, -0.1) is 0 Å². The summed E-state index contributed by atoms with van der Waals surface area (Å²) in [5.74, 6) is 0. The Kier molecular flexibility index (Phi) is 5.76. The molecule has 0 aromatic heterocycles. The molecule has 0 saturated heterocycles. The van der Waals surface area contributed by atoms with Crippen molar-refractivity contribution in [3.63, 3.8) is 0 Å². The van der Waals surface area contributed by atoms with E-state index in [1.54, 1.807) is 0 Å². The number of amides is 1. The zero-order chi connectivity index (χ0) is 10.3. The molecule has 1 N–H and O–H groups in total. The van der Waals surface area contributed by atoms with Crippen molar-refractivity contribution in [2.45, 2.75) is 59.4 Å². The fourth-order valence-corrected chi connectivity index (χ4v) is 2.06. The van der Waals surface area contributed by atoms with Crippen LogP contribution in [0.25, 0.3) is 0 Å². The van der Waals surface area contributed by atoms with Crippen molar-refractivity contribution in [2.75, 3.05) is 0 Å². The van der Waals surface area contributed by atoms with Gasteiger partial charge < -0.3 is 5.32 Å². The SMILES string of the molecule is CCC[C@@](C)(CC)C(CC)NC=O. The highest BCUT2D eigenvalue weighted by Crippen LogP contribution is 2.32. The predicted octanol–water partition coefficient (Wildman–Crippen LogP) is 2.73. The van der Waals surface area contributed by atoms with Gasteiger partial charge in [0.2, 0.25) is 6.41 Å². The van der Waals surface area contributed by atoms with E-state index in [1.165, 1.54) is 12.8 Å². The highest BCUT2D eigenvalue weighted by molar-refractivity contribution is 5.46. The monoisotopic (exact) mass is 185 g/mol. The van der Waals surface area contributed by atoms with Gasteiger partial charge in [0.1, 0.15) is 0 Å². The maximum absolute atomic E-state index is 10.4. The molecule has 2 heteroatoms. The molecule has 0 aromatic carbocycles. The maximum atomic E-state index is 10.4. The van der Waals surface area contributed by atoms with Crippen molar-refractivity contribution in [3.8, 4) is 0 Å². The number of hydrogen-bond acceptors (Lipinski definition) is 1. The highest BCUT2D eigenvalue weighted by Gasteiger charge is 2.29. The Morgan fingerprint density at radius 1 is 1.38 bits per heavy atom. The van der Waals surface area contributed by atoms with Gasteiger partial charge in [-0.3, -0.25) is 4.79 Å². The van der Waals surface area contributed by atoms with Crippen LogP contribution in [0.1, 0.15) is 53.4 Å². The van der Waals surface area contributed by atoms with Gasteiger partial charge in [0.15, 0.2) is 0 Å². The summed E-state index contributed by atoms with van der Waals surface area (Å²) in [7, 11) is 0. The fourth-order valence-electron chi connectivity index (χ4n) is 2.06. The number of rotatable bonds is 7. The van der Waals surface area contributed by atoms with Gasteiger partial charge in [-0.1, -0.05) is 34.1 Å². The van der Waals surface area contributed by atoms with Gasteiger partial charge in [-0.25, -0.2) is 0 Å². The van der Waals surface area contributed by atoms with Crippen molar-refractivity contribution in [1.82, 2.24) is 5.32 Å². The lowest BCUT2D eigenvalue weighted by Crippen LogP contribution is -2.42. The zero-order valence-corrected chi connectivity index (χ0v) is 9.39. The van der Waals surface area contributed by atoms with Crippen LogP contribution in [-0.2, 0) is 4.79 Å². The summed E-state index contributed by atoms with van der Waals surface area (Å²) >= 11 is 0. The standard InChI is InChI=1S/C11H23NO/c1-5-8-11(4,7-3)10(6-2)12-9-13/h9-10H,5-8H2,1-4H3,(H,12,13)/t10?,11-/m1/s1. The van der Waals surface area contributed by atoms with Crippen LogP contribution < -0.4 is 5.32 Å². The molecular formula is C11H23NO. The smallest absolute Gasteiger partial charge is 0.207 e. The van der Waals surface area contributed by atoms with Crippen LogP contribution in [0.2, 0.25) is 0 Å². The summed E-state index contributed by atoms with van der Waals surface area (Å²) in [6.45, 7) is 8.79. The molecule has 0 aliphatic carbocycles. The molecule has 0 spiro atoms. The van der Waals surface area contributed by atoms with Crippen molar-refractivity contribution in [1.29, 1.82) is 0 Å². The second kappa shape index (κ2) is 6.01. The molecule has 0 rings (SSSR count). The average Bonchev–Trinajstić information content (AvgIpc) is 2.14. The van der Waals surface area contributed by atoms with E-state index in [9.17, 15) is 4.79 Å². The van der Waals surface area contributed by atoms with Crippen molar-refractivity contribution in [3.05, 3.63) is 0 Å². The van der Waals surface area contributed by atoms with E-state index in [4.69, 9.17) is 0 Å². The lowest BCUT2D eigenvalue weighted by atomic mass is 9.75. The third-order valence-electron chi connectivity index (χ3n) is 3.15. The molecule has 0 aromatic rings. The summed E-state index contributed by atoms with van der Waals surface area (Å²) in [6, 6.07) is 0.329. The van der Waals surface area contributed by atoms with E-state index in [1.807, 2.05) is 0 Å². The van der Waals surface area contributed by atoms with Gasteiger partial charge in [0.05, 0.1) is 0 Å². The minimum absolute atomic E-state index is 0.268. The van der Waals surface area contributed by atoms with Gasteiger partial charge >= 0.3 is 0 Å². The Hall–Kier alpha value is -0.530. The van der Waals surface area contributed by atoms with Crippen LogP contribution in [0.3, 0.4) is 0 Å². The first-order chi connectivity index (χ1) is 6.14. The zero-order valence-electron chi connectivity index (χ0n) is 9.39. The Morgan fingerprint density at radius 2 is 2.00 bits per heavy atom. The first-order valence-electron chi connectivity index (χ1n) is 5.34. The third kappa shape index (κ3) is 3.37. The van der Waals surface area contributed by atoms with Gasteiger partial charge in [0, 0.05) is 6.04 Å². The van der Waals surface area contributed by atoms with Crippen LogP contribution in [0.4, 0.5) is 0 Å². The van der Waals surface area contributed by atoms with Crippen LogP contribution in [-0.4, -0.2) is 12.5 Å². The first-order valence-corrected chi connectivity index (χ1v) is 5.34. The van der Waals surface area contributed by atoms with E-state index in [2.05, 4.69) is 33.0 Å². The molecule has 78 valence electrons. The minimum atomic E-state index is 0.268. The molecular weight excluding hydrogens is 162 g/mol. The quantitative estimate of drug-likeness (QED) is 0.607. The Bertz CT molecular complexity index is 147. The second-order valence-electron chi connectivity index (χ2n) is 4.00. The number of carbonyl (C=O) groups excluding carboxylic acids is 1. The molecule has 2 atom stereocenters. The summed E-state index contributed by atoms with van der Waals surface area (Å²) in [6.07, 6.45) is 5.34. The summed E-state index contributed by atoms with van der Waals surface area (Å²) in [5, 5.41) is 2.93. The topological polar surface area (TPSA) is 29.1 Å². The van der Waals surface area contributed by atoms with Crippen LogP contribution in [0.15, 0.2) is 0 Å². The number of carbonyl (C=O) groups is 1. The minimum Gasteiger partial charge on any atom is -0.355 e. The van der Waals surface area contributed by atoms with Crippen molar-refractivity contribution >= 4 is 6.41 Å². The van der Waals surface area contributed by atoms with E-state index in [0.717, 1.165) is 19.3 Å². The highest BCUT2D eigenvalue weighted by atomic mass is 16.1. The van der Waals surface area contributed by atoms with E-state index in [-0.39, 0.29) is 5.41 Å². The molecule has 1 amide bonds. The van der Waals surface area contributed by atoms with Crippen LogP contribution >= 0.6 is 0 Å². The molecule has 0 saturated carbocycles. The summed E-state index contributed by atoms with van der Waals surface area (Å²) in [4.78, 5) is 10.4. The van der Waals surface area contributed by atoms with Gasteiger partial charge in [0.25, 0.3) is 0 Å².